The van der Waals surface area contributed by atoms with E-state index >= 15 is 0 Å². The number of hydroxylamine groups is 1. The zero-order chi connectivity index (χ0) is 56.0. The Labute approximate surface area is 466 Å². The number of hydrogen-bond acceptors (Lipinski definition) is 24. The Morgan fingerprint density at radius 3 is 1.35 bits per heavy atom. The van der Waals surface area contributed by atoms with E-state index in [-0.39, 0.29) is 73.3 Å². The maximum Gasteiger partial charge on any atom is 0.356 e. The highest BCUT2D eigenvalue weighted by atomic mass is 32.2. The standard InChI is InChI=1S/C54H54N4O16S4/c1-5-7-25-58-74-50(64)33-15-23-35(24-16-33)70-48(62)31-11-21-37(22-12-31)72-52(66)39(27-56)54-77-45-41(67-28(3)59)43-44(42(46(45)78-54)68-29(4)60)76-53(75-43)38(26-55)51(65)71-36-19-9-30(10-20-36)47(61)69-34-17-13-32(14-18-34)49(63)73-40(57)8-6-2/h13-18,23-24,30-31,36-37,40,58H,5-12,19-22,25,57H2,1-4H3. The number of nitriles is 2. The molecule has 7 rings (SSSR count). The third-order valence-corrected chi connectivity index (χ3v) is 17.5. The zero-order valence-corrected chi connectivity index (χ0v) is 46.1. The van der Waals surface area contributed by atoms with E-state index in [1.54, 1.807) is 0 Å². The number of fused-ring (bicyclic) bond motifs is 2. The smallest absolute Gasteiger partial charge is 0.356 e. The summed E-state index contributed by atoms with van der Waals surface area (Å²) in [5.41, 5.74) is 8.21. The molecule has 0 saturated heterocycles. The molecule has 2 saturated carbocycles. The fraction of sp³-hybridized carbons (Fsp3) is 0.407. The van der Waals surface area contributed by atoms with Crippen molar-refractivity contribution in [3.63, 3.8) is 0 Å². The number of hydrogen-bond donors (Lipinski definition) is 2. The summed E-state index contributed by atoms with van der Waals surface area (Å²) in [6, 6.07) is 15.7. The van der Waals surface area contributed by atoms with Crippen LogP contribution in [-0.2, 0) is 47.8 Å². The van der Waals surface area contributed by atoms with Crippen LogP contribution in [0.4, 0.5) is 0 Å². The Kier molecular flexibility index (Phi) is 20.9. The SMILES string of the molecule is CCCCNOC(=O)c1ccc(OC(=O)C2CCC(OC(=O)C(C#N)=C3Sc4c(OC(C)=O)c5c(c(OC(C)=O)c4S3)SC(=C(C#N)C(=O)OC3CCC(C(=O)Oc4ccc(C(=O)OC(N)CCC)cc4)CC3)S5)CC2)cc1. The normalized spacial score (nSPS) is 18.6. The van der Waals surface area contributed by atoms with Crippen LogP contribution in [0, 0.1) is 34.5 Å². The summed E-state index contributed by atoms with van der Waals surface area (Å²) < 4.78 is 39.7. The lowest BCUT2D eigenvalue weighted by molar-refractivity contribution is -0.149. The van der Waals surface area contributed by atoms with Crippen molar-refractivity contribution in [2.75, 3.05) is 6.54 Å². The molecule has 4 aliphatic rings. The van der Waals surface area contributed by atoms with E-state index in [0.717, 1.165) is 66.3 Å². The summed E-state index contributed by atoms with van der Waals surface area (Å²) >= 11 is 3.64. The third-order valence-electron chi connectivity index (χ3n) is 12.4. The monoisotopic (exact) mass is 1140 g/mol. The summed E-state index contributed by atoms with van der Waals surface area (Å²) in [5.74, 6) is -6.06. The van der Waals surface area contributed by atoms with Gasteiger partial charge in [0.2, 0.25) is 0 Å². The van der Waals surface area contributed by atoms with Crippen LogP contribution in [0.3, 0.4) is 0 Å². The van der Waals surface area contributed by atoms with Crippen LogP contribution in [0.15, 0.2) is 87.7 Å². The first-order valence-electron chi connectivity index (χ1n) is 25.1. The Morgan fingerprint density at radius 1 is 0.590 bits per heavy atom. The molecule has 0 radical (unpaired) electrons. The molecule has 1 unspecified atom stereocenters. The zero-order valence-electron chi connectivity index (χ0n) is 42.8. The fourth-order valence-electron chi connectivity index (χ4n) is 8.37. The van der Waals surface area contributed by atoms with Gasteiger partial charge in [0.25, 0.3) is 0 Å². The van der Waals surface area contributed by atoms with E-state index in [0.29, 0.717) is 64.3 Å². The number of carbonyl (C=O) groups is 8. The maximum atomic E-state index is 13.7. The topological polar surface area (TPSA) is 296 Å². The molecule has 0 aromatic heterocycles. The third kappa shape index (κ3) is 15.1. The predicted molar refractivity (Wildman–Crippen MR) is 282 cm³/mol. The van der Waals surface area contributed by atoms with Gasteiger partial charge in [-0.1, -0.05) is 73.7 Å². The Morgan fingerprint density at radius 2 is 0.987 bits per heavy atom. The van der Waals surface area contributed by atoms with Crippen molar-refractivity contribution >= 4 is 94.8 Å². The van der Waals surface area contributed by atoms with Crippen molar-refractivity contribution < 1.29 is 76.4 Å². The van der Waals surface area contributed by atoms with Crippen molar-refractivity contribution in [1.82, 2.24) is 5.48 Å². The van der Waals surface area contributed by atoms with Crippen LogP contribution in [0.5, 0.6) is 23.0 Å². The number of nitrogens with two attached hydrogens (primary N) is 1. The summed E-state index contributed by atoms with van der Waals surface area (Å²) in [7, 11) is 0. The van der Waals surface area contributed by atoms with E-state index in [9.17, 15) is 48.9 Å². The molecule has 0 spiro atoms. The lowest BCUT2D eigenvalue weighted by Crippen LogP contribution is -2.30. The van der Waals surface area contributed by atoms with Crippen LogP contribution < -0.4 is 30.2 Å². The maximum absolute atomic E-state index is 13.7. The number of carbonyl (C=O) groups excluding carboxylic acids is 8. The molecule has 2 aliphatic heterocycles. The number of rotatable bonds is 19. The number of unbranched alkanes of at least 4 members (excludes halogenated alkanes) is 1. The predicted octanol–water partition coefficient (Wildman–Crippen LogP) is 9.52. The molecule has 410 valence electrons. The molecule has 0 amide bonds. The Balaban J connectivity index is 0.968. The Bertz CT molecular complexity index is 2930. The second-order valence-electron chi connectivity index (χ2n) is 18.1. The van der Waals surface area contributed by atoms with Crippen molar-refractivity contribution in [2.24, 2.45) is 17.6 Å². The molecule has 0 bridgehead atoms. The van der Waals surface area contributed by atoms with Gasteiger partial charge in [0.1, 0.15) is 35.8 Å². The molecule has 1 atom stereocenters. The van der Waals surface area contributed by atoms with Gasteiger partial charge in [0.15, 0.2) is 28.9 Å². The number of esters is 7. The second kappa shape index (κ2) is 27.7. The Hall–Kier alpha value is -6.80. The molecule has 3 aromatic carbocycles. The quantitative estimate of drug-likeness (QED) is 0.0165. The first-order chi connectivity index (χ1) is 37.5. The van der Waals surface area contributed by atoms with Crippen LogP contribution in [0.2, 0.25) is 0 Å². The number of nitrogens with zero attached hydrogens (tertiary/aromatic N) is 2. The van der Waals surface area contributed by atoms with E-state index in [2.05, 4.69) is 5.48 Å². The van der Waals surface area contributed by atoms with Crippen LogP contribution >= 0.6 is 47.0 Å². The molecule has 2 aliphatic carbocycles. The van der Waals surface area contributed by atoms with E-state index in [4.69, 9.17) is 43.7 Å². The van der Waals surface area contributed by atoms with Crippen molar-refractivity contribution in [3.05, 3.63) is 79.3 Å². The fourth-order valence-corrected chi connectivity index (χ4v) is 13.7. The highest BCUT2D eigenvalue weighted by Crippen LogP contribution is 2.68. The second-order valence-corrected chi connectivity index (χ2v) is 22.7. The summed E-state index contributed by atoms with van der Waals surface area (Å²) in [6.45, 7) is 6.79. The van der Waals surface area contributed by atoms with Crippen LogP contribution in [-0.4, -0.2) is 72.7 Å². The van der Waals surface area contributed by atoms with E-state index in [1.165, 1.54) is 62.4 Å². The van der Waals surface area contributed by atoms with Gasteiger partial charge in [-0.05, 0) is 113 Å². The molecule has 2 heterocycles. The first kappa shape index (κ1) is 58.9. The molecule has 2 fully saturated rings. The number of thioether (sulfide) groups is 4. The summed E-state index contributed by atoms with van der Waals surface area (Å²) in [6.07, 6.45) is 3.52. The largest absolute Gasteiger partial charge is 0.458 e. The van der Waals surface area contributed by atoms with Gasteiger partial charge < -0.3 is 38.0 Å². The van der Waals surface area contributed by atoms with Gasteiger partial charge in [-0.2, -0.15) is 16.0 Å². The molecule has 3 N–H and O–H groups in total. The van der Waals surface area contributed by atoms with Gasteiger partial charge in [0, 0.05) is 20.4 Å². The summed E-state index contributed by atoms with van der Waals surface area (Å²) in [4.78, 5) is 109. The van der Waals surface area contributed by atoms with Gasteiger partial charge in [-0.15, -0.1) is 0 Å². The lowest BCUT2D eigenvalue weighted by atomic mass is 9.87. The van der Waals surface area contributed by atoms with Crippen LogP contribution in [0.1, 0.15) is 125 Å². The minimum absolute atomic E-state index is 0.0192. The van der Waals surface area contributed by atoms with Crippen molar-refractivity contribution in [2.45, 2.75) is 143 Å². The number of ether oxygens (including phenoxy) is 7. The van der Waals surface area contributed by atoms with Crippen LogP contribution in [0.25, 0.3) is 0 Å². The van der Waals surface area contributed by atoms with E-state index < -0.39 is 78.0 Å². The average Bonchev–Trinajstić information content (AvgIpc) is 4.22. The van der Waals surface area contributed by atoms with Gasteiger partial charge >= 0.3 is 47.8 Å². The highest BCUT2D eigenvalue weighted by molar-refractivity contribution is 8.26. The molecule has 3 aromatic rings. The van der Waals surface area contributed by atoms with E-state index in [1.807, 2.05) is 26.0 Å². The first-order valence-corrected chi connectivity index (χ1v) is 28.3. The highest BCUT2D eigenvalue weighted by Gasteiger charge is 2.42. The summed E-state index contributed by atoms with van der Waals surface area (Å²) in [5, 5.41) is 20.7. The molecular weight excluding hydrogens is 1090 g/mol. The van der Waals surface area contributed by atoms with Gasteiger partial charge in [0.05, 0.1) is 51.0 Å². The molecule has 20 nitrogen and oxygen atoms in total. The number of benzene rings is 3. The van der Waals surface area contributed by atoms with Crippen molar-refractivity contribution in [1.29, 1.82) is 10.5 Å². The molecule has 24 heteroatoms. The van der Waals surface area contributed by atoms with Gasteiger partial charge in [-0.3, -0.25) is 24.9 Å². The van der Waals surface area contributed by atoms with Gasteiger partial charge in [-0.25, -0.2) is 19.2 Å². The molecule has 78 heavy (non-hydrogen) atoms. The minimum Gasteiger partial charge on any atom is -0.458 e. The molecular formula is C54H54N4O16S4. The minimum atomic E-state index is -0.936. The average molecular weight is 1140 g/mol. The van der Waals surface area contributed by atoms with Crippen molar-refractivity contribution in [3.8, 4) is 35.1 Å². The lowest BCUT2D eigenvalue weighted by Gasteiger charge is -2.27. The number of nitrogens with one attached hydrogen (secondary N) is 1.